The van der Waals surface area contributed by atoms with Crippen LogP contribution in [0.3, 0.4) is 0 Å². The van der Waals surface area contributed by atoms with Crippen LogP contribution in [0.25, 0.3) is 0 Å². The average Bonchev–Trinajstić information content (AvgIpc) is 2.26. The van der Waals surface area contributed by atoms with Crippen LogP contribution in [0.1, 0.15) is 13.3 Å². The lowest BCUT2D eigenvalue weighted by atomic mass is 10.3. The molecule has 1 heterocycles. The standard InChI is InChI=1S/C9H10BrN3O2S/c1-2-8(4-11)13-16(14,15)9-3-7(10)5-12-6-9/h3,5-6,8,13H,2H2,1H3. The van der Waals surface area contributed by atoms with Gasteiger partial charge in [-0.2, -0.15) is 9.98 Å². The fraction of sp³-hybridized carbons (Fsp3) is 0.333. The van der Waals surface area contributed by atoms with Gasteiger partial charge in [-0.1, -0.05) is 6.92 Å². The maximum absolute atomic E-state index is 11.8. The first kappa shape index (κ1) is 13.1. The van der Waals surface area contributed by atoms with Gasteiger partial charge < -0.3 is 0 Å². The fourth-order valence-corrected chi connectivity index (χ4v) is 2.72. The van der Waals surface area contributed by atoms with Gasteiger partial charge in [0.2, 0.25) is 10.0 Å². The number of hydrogen-bond donors (Lipinski definition) is 1. The second-order valence-corrected chi connectivity index (χ2v) is 5.68. The van der Waals surface area contributed by atoms with E-state index in [4.69, 9.17) is 5.26 Å². The molecule has 1 aromatic heterocycles. The van der Waals surface area contributed by atoms with Crippen LogP contribution >= 0.6 is 15.9 Å². The molecule has 1 unspecified atom stereocenters. The van der Waals surface area contributed by atoms with E-state index >= 15 is 0 Å². The third kappa shape index (κ3) is 3.27. The minimum atomic E-state index is -3.67. The molecule has 86 valence electrons. The third-order valence-corrected chi connectivity index (χ3v) is 3.72. The summed E-state index contributed by atoms with van der Waals surface area (Å²) in [5.41, 5.74) is 0. The van der Waals surface area contributed by atoms with Crippen LogP contribution in [0.15, 0.2) is 27.8 Å². The Morgan fingerprint density at radius 3 is 2.81 bits per heavy atom. The van der Waals surface area contributed by atoms with E-state index in [1.54, 1.807) is 6.92 Å². The Kier molecular flexibility index (Phi) is 4.41. The average molecular weight is 304 g/mol. The molecule has 1 atom stereocenters. The van der Waals surface area contributed by atoms with Crippen molar-refractivity contribution in [3.8, 4) is 6.07 Å². The maximum Gasteiger partial charge on any atom is 0.243 e. The second kappa shape index (κ2) is 5.39. The van der Waals surface area contributed by atoms with Crippen molar-refractivity contribution >= 4 is 26.0 Å². The molecule has 0 fully saturated rings. The number of nitriles is 1. The molecule has 0 aliphatic carbocycles. The summed E-state index contributed by atoms with van der Waals surface area (Å²) in [6.45, 7) is 1.73. The molecule has 0 aliphatic heterocycles. The van der Waals surface area contributed by atoms with E-state index in [2.05, 4.69) is 25.6 Å². The summed E-state index contributed by atoms with van der Waals surface area (Å²) >= 11 is 3.14. The number of pyridine rings is 1. The number of nitrogens with zero attached hydrogens (tertiary/aromatic N) is 2. The summed E-state index contributed by atoms with van der Waals surface area (Å²) in [4.78, 5) is 3.80. The highest BCUT2D eigenvalue weighted by atomic mass is 79.9. The molecule has 0 aromatic carbocycles. The normalized spacial score (nSPS) is 13.1. The van der Waals surface area contributed by atoms with Gasteiger partial charge >= 0.3 is 0 Å². The van der Waals surface area contributed by atoms with Crippen LogP contribution in [-0.2, 0) is 10.0 Å². The van der Waals surface area contributed by atoms with Gasteiger partial charge in [0.1, 0.15) is 10.9 Å². The number of aromatic nitrogens is 1. The minimum Gasteiger partial charge on any atom is -0.262 e. The van der Waals surface area contributed by atoms with Crippen molar-refractivity contribution in [3.63, 3.8) is 0 Å². The van der Waals surface area contributed by atoms with Crippen LogP contribution in [0.2, 0.25) is 0 Å². The van der Waals surface area contributed by atoms with Gasteiger partial charge in [-0.25, -0.2) is 8.42 Å². The molecular formula is C9H10BrN3O2S. The van der Waals surface area contributed by atoms with E-state index in [9.17, 15) is 8.42 Å². The molecule has 1 N–H and O–H groups in total. The van der Waals surface area contributed by atoms with Gasteiger partial charge in [0.25, 0.3) is 0 Å². The summed E-state index contributed by atoms with van der Waals surface area (Å²) in [5, 5.41) is 8.69. The molecule has 16 heavy (non-hydrogen) atoms. The van der Waals surface area contributed by atoms with Gasteiger partial charge in [-0.3, -0.25) is 4.98 Å². The van der Waals surface area contributed by atoms with Gasteiger partial charge in [0, 0.05) is 16.9 Å². The molecule has 0 aliphatic rings. The molecule has 0 saturated carbocycles. The van der Waals surface area contributed by atoms with E-state index in [0.717, 1.165) is 0 Å². The predicted molar refractivity (Wildman–Crippen MR) is 62.0 cm³/mol. The van der Waals surface area contributed by atoms with E-state index < -0.39 is 16.1 Å². The number of hydrogen-bond acceptors (Lipinski definition) is 4. The molecule has 0 bridgehead atoms. The monoisotopic (exact) mass is 303 g/mol. The molecule has 1 aromatic rings. The Bertz CT molecular complexity index is 510. The maximum atomic E-state index is 11.8. The molecule has 1 rings (SSSR count). The van der Waals surface area contributed by atoms with Crippen molar-refractivity contribution in [2.24, 2.45) is 0 Å². The van der Waals surface area contributed by atoms with E-state index in [0.29, 0.717) is 10.9 Å². The van der Waals surface area contributed by atoms with Gasteiger partial charge in [-0.15, -0.1) is 0 Å². The van der Waals surface area contributed by atoms with Crippen LogP contribution in [0, 0.1) is 11.3 Å². The van der Waals surface area contributed by atoms with Gasteiger partial charge in [0.05, 0.1) is 6.07 Å². The topological polar surface area (TPSA) is 82.9 Å². The van der Waals surface area contributed by atoms with Gasteiger partial charge in [-0.05, 0) is 28.4 Å². The lowest BCUT2D eigenvalue weighted by Gasteiger charge is -2.09. The van der Waals surface area contributed by atoms with E-state index in [-0.39, 0.29) is 4.90 Å². The quantitative estimate of drug-likeness (QED) is 0.912. The second-order valence-electron chi connectivity index (χ2n) is 3.05. The number of sulfonamides is 1. The first-order chi connectivity index (χ1) is 7.49. The molecule has 0 spiro atoms. The van der Waals surface area contributed by atoms with E-state index in [1.807, 2.05) is 6.07 Å². The van der Waals surface area contributed by atoms with Crippen LogP contribution in [0.5, 0.6) is 0 Å². The predicted octanol–water partition coefficient (Wildman–Crippen LogP) is 1.42. The molecule has 0 amide bonds. The largest absolute Gasteiger partial charge is 0.262 e. The highest BCUT2D eigenvalue weighted by molar-refractivity contribution is 9.10. The van der Waals surface area contributed by atoms with Crippen molar-refractivity contribution in [2.75, 3.05) is 0 Å². The highest BCUT2D eigenvalue weighted by Gasteiger charge is 2.19. The third-order valence-electron chi connectivity index (χ3n) is 1.85. The summed E-state index contributed by atoms with van der Waals surface area (Å²) in [5.74, 6) is 0. The van der Waals surface area contributed by atoms with Crippen molar-refractivity contribution < 1.29 is 8.42 Å². The van der Waals surface area contributed by atoms with Crippen molar-refractivity contribution in [2.45, 2.75) is 24.3 Å². The fourth-order valence-electron chi connectivity index (χ4n) is 0.996. The summed E-state index contributed by atoms with van der Waals surface area (Å²) in [6.07, 6.45) is 3.13. The first-order valence-corrected chi connectivity index (χ1v) is 6.79. The lowest BCUT2D eigenvalue weighted by molar-refractivity contribution is 0.569. The van der Waals surface area contributed by atoms with Gasteiger partial charge in [0.15, 0.2) is 0 Å². The zero-order valence-electron chi connectivity index (χ0n) is 8.51. The van der Waals surface area contributed by atoms with Crippen LogP contribution < -0.4 is 4.72 Å². The van der Waals surface area contributed by atoms with Crippen molar-refractivity contribution in [3.05, 3.63) is 22.9 Å². The molecule has 5 nitrogen and oxygen atoms in total. The summed E-state index contributed by atoms with van der Waals surface area (Å²) in [7, 11) is -3.67. The molecule has 0 radical (unpaired) electrons. The Hall–Kier alpha value is -0.970. The Balaban J connectivity index is 3.00. The molecular weight excluding hydrogens is 294 g/mol. The number of halogens is 1. The summed E-state index contributed by atoms with van der Waals surface area (Å²) < 4.78 is 26.4. The smallest absolute Gasteiger partial charge is 0.243 e. The minimum absolute atomic E-state index is 0.0376. The number of rotatable bonds is 4. The molecule has 7 heteroatoms. The van der Waals surface area contributed by atoms with Crippen molar-refractivity contribution in [1.29, 1.82) is 5.26 Å². The Morgan fingerprint density at radius 1 is 1.62 bits per heavy atom. The highest BCUT2D eigenvalue weighted by Crippen LogP contribution is 2.14. The lowest BCUT2D eigenvalue weighted by Crippen LogP contribution is -2.33. The summed E-state index contributed by atoms with van der Waals surface area (Å²) in [6, 6.07) is 2.58. The first-order valence-electron chi connectivity index (χ1n) is 4.52. The van der Waals surface area contributed by atoms with Crippen LogP contribution in [-0.4, -0.2) is 19.4 Å². The zero-order valence-corrected chi connectivity index (χ0v) is 10.9. The number of nitrogens with one attached hydrogen (secondary N) is 1. The van der Waals surface area contributed by atoms with Crippen molar-refractivity contribution in [1.82, 2.24) is 9.71 Å². The SMILES string of the molecule is CCC(C#N)NS(=O)(=O)c1cncc(Br)c1. The van der Waals surface area contributed by atoms with E-state index in [1.165, 1.54) is 18.5 Å². The Labute approximate surface area is 103 Å². The Morgan fingerprint density at radius 2 is 2.31 bits per heavy atom. The van der Waals surface area contributed by atoms with Crippen LogP contribution in [0.4, 0.5) is 0 Å². The zero-order chi connectivity index (χ0) is 12.2. The molecule has 0 saturated heterocycles.